The summed E-state index contributed by atoms with van der Waals surface area (Å²) in [5.41, 5.74) is 9.27. The number of allylic oxidation sites excluding steroid dienone is 1. The van der Waals surface area contributed by atoms with Crippen LogP contribution < -0.4 is 21.1 Å². The molecule has 3 aromatic rings. The van der Waals surface area contributed by atoms with E-state index in [1.54, 1.807) is 60.7 Å². The first kappa shape index (κ1) is 30.2. The van der Waals surface area contributed by atoms with Crippen LogP contribution >= 0.6 is 0 Å². The Bertz CT molecular complexity index is 1260. The van der Waals surface area contributed by atoms with Crippen molar-refractivity contribution >= 4 is 29.1 Å². The van der Waals surface area contributed by atoms with Crippen molar-refractivity contribution in [2.24, 2.45) is 0 Å². The normalized spacial score (nSPS) is 12.5. The highest BCUT2D eigenvalue weighted by Crippen LogP contribution is 2.30. The summed E-state index contributed by atoms with van der Waals surface area (Å²) in [6.45, 7) is 4.24. The minimum Gasteiger partial charge on any atom is -0.491 e. The number of para-hydroxylation sites is 2. The molecule has 212 valence electrons. The van der Waals surface area contributed by atoms with E-state index in [4.69, 9.17) is 25.1 Å². The lowest BCUT2D eigenvalue weighted by Gasteiger charge is -2.27. The number of carbonyl (C=O) groups excluding carboxylic acids is 2. The van der Waals surface area contributed by atoms with Crippen LogP contribution in [-0.4, -0.2) is 43.0 Å². The summed E-state index contributed by atoms with van der Waals surface area (Å²) in [5, 5.41) is 14.7. The summed E-state index contributed by atoms with van der Waals surface area (Å²) < 4.78 is 17.5. The summed E-state index contributed by atoms with van der Waals surface area (Å²) in [6, 6.07) is 21.6. The van der Waals surface area contributed by atoms with E-state index in [2.05, 4.69) is 10.6 Å². The Kier molecular flexibility index (Phi) is 12.0. The number of anilines is 3. The number of benzene rings is 3. The molecule has 0 aliphatic rings. The van der Waals surface area contributed by atoms with Gasteiger partial charge >= 0.3 is 6.09 Å². The van der Waals surface area contributed by atoms with Gasteiger partial charge in [-0.3, -0.25) is 10.1 Å². The molecular weight excluding hydrogens is 510 g/mol. The van der Waals surface area contributed by atoms with Crippen molar-refractivity contribution in [3.63, 3.8) is 0 Å². The minimum absolute atomic E-state index is 0.124. The van der Waals surface area contributed by atoms with E-state index in [1.807, 2.05) is 32.0 Å². The molecule has 2 atom stereocenters. The highest BCUT2D eigenvalue weighted by molar-refractivity contribution is 6.01. The number of rotatable bonds is 14. The van der Waals surface area contributed by atoms with E-state index < -0.39 is 18.3 Å². The van der Waals surface area contributed by atoms with Crippen molar-refractivity contribution in [2.45, 2.75) is 38.9 Å². The Hall–Kier alpha value is -4.34. The first-order chi connectivity index (χ1) is 19.4. The van der Waals surface area contributed by atoms with Crippen LogP contribution in [0.25, 0.3) is 0 Å². The number of amides is 2. The van der Waals surface area contributed by atoms with Gasteiger partial charge in [0.05, 0.1) is 24.1 Å². The molecule has 0 radical (unpaired) electrons. The highest BCUT2D eigenvalue weighted by Gasteiger charge is 2.28. The van der Waals surface area contributed by atoms with Crippen LogP contribution in [0.1, 0.15) is 37.0 Å². The van der Waals surface area contributed by atoms with Crippen molar-refractivity contribution < 1.29 is 28.9 Å². The molecule has 5 N–H and O–H groups in total. The number of nitrogens with two attached hydrogens (primary N) is 1. The molecule has 0 saturated carbocycles. The van der Waals surface area contributed by atoms with Crippen LogP contribution in [0.4, 0.5) is 21.9 Å². The molecule has 3 rings (SSSR count). The maximum atomic E-state index is 12.9. The number of nitrogens with one attached hydrogen (secondary N) is 2. The molecule has 0 bridgehead atoms. The molecule has 9 nitrogen and oxygen atoms in total. The SMILES string of the molecule is CCO[C@H](CC/C=C/C(=O)Nc1ccccc1N)[C@H](OC(=O)Nc1ccc(C)cc1)c1cccc(OCCO)c1. The van der Waals surface area contributed by atoms with Gasteiger partial charge in [-0.1, -0.05) is 48.0 Å². The molecule has 0 fully saturated rings. The van der Waals surface area contributed by atoms with Crippen LogP contribution in [0.2, 0.25) is 0 Å². The van der Waals surface area contributed by atoms with Crippen molar-refractivity contribution in [3.8, 4) is 5.75 Å². The average Bonchev–Trinajstić information content (AvgIpc) is 2.95. The Balaban J connectivity index is 1.73. The molecular formula is C31H37N3O6. The number of carbonyl (C=O) groups is 2. The summed E-state index contributed by atoms with van der Waals surface area (Å²) >= 11 is 0. The number of aliphatic hydroxyl groups is 1. The zero-order valence-electron chi connectivity index (χ0n) is 22.8. The highest BCUT2D eigenvalue weighted by atomic mass is 16.6. The van der Waals surface area contributed by atoms with Crippen LogP contribution in [0.3, 0.4) is 0 Å². The Morgan fingerprint density at radius 2 is 1.80 bits per heavy atom. The predicted molar refractivity (Wildman–Crippen MR) is 156 cm³/mol. The fraction of sp³-hybridized carbons (Fsp3) is 0.290. The number of aryl methyl sites for hydroxylation is 1. The molecule has 0 heterocycles. The molecule has 0 spiro atoms. The van der Waals surface area contributed by atoms with Gasteiger partial charge in [-0.15, -0.1) is 0 Å². The van der Waals surface area contributed by atoms with Gasteiger partial charge in [-0.25, -0.2) is 4.79 Å². The average molecular weight is 548 g/mol. The Labute approximate surface area is 234 Å². The van der Waals surface area contributed by atoms with E-state index in [1.165, 1.54) is 6.08 Å². The fourth-order valence-electron chi connectivity index (χ4n) is 3.98. The smallest absolute Gasteiger partial charge is 0.412 e. The lowest BCUT2D eigenvalue weighted by atomic mass is 10.00. The third-order valence-electron chi connectivity index (χ3n) is 5.90. The van der Waals surface area contributed by atoms with E-state index >= 15 is 0 Å². The molecule has 0 aliphatic carbocycles. The minimum atomic E-state index is -0.769. The second kappa shape index (κ2) is 15.9. The summed E-state index contributed by atoms with van der Waals surface area (Å²) in [7, 11) is 0. The molecule has 0 aromatic heterocycles. The van der Waals surface area contributed by atoms with E-state index in [-0.39, 0.29) is 19.1 Å². The number of hydrogen-bond donors (Lipinski definition) is 4. The second-order valence-electron chi connectivity index (χ2n) is 9.01. The molecule has 0 aliphatic heterocycles. The summed E-state index contributed by atoms with van der Waals surface area (Å²) in [6.07, 6.45) is 2.23. The molecule has 0 saturated heterocycles. The first-order valence-corrected chi connectivity index (χ1v) is 13.2. The van der Waals surface area contributed by atoms with Gasteiger partial charge in [0.15, 0.2) is 6.10 Å². The maximum Gasteiger partial charge on any atom is 0.412 e. The van der Waals surface area contributed by atoms with Gasteiger partial charge in [0.25, 0.3) is 0 Å². The van der Waals surface area contributed by atoms with E-state index in [0.717, 1.165) is 5.56 Å². The van der Waals surface area contributed by atoms with Crippen LogP contribution in [0.15, 0.2) is 84.9 Å². The number of aliphatic hydroxyl groups excluding tert-OH is 1. The van der Waals surface area contributed by atoms with Crippen molar-refractivity contribution in [1.82, 2.24) is 0 Å². The number of hydrogen-bond acceptors (Lipinski definition) is 7. The fourth-order valence-corrected chi connectivity index (χ4v) is 3.98. The Morgan fingerprint density at radius 3 is 2.52 bits per heavy atom. The second-order valence-corrected chi connectivity index (χ2v) is 9.01. The molecule has 0 unspecified atom stereocenters. The van der Waals surface area contributed by atoms with Crippen molar-refractivity contribution in [1.29, 1.82) is 0 Å². The first-order valence-electron chi connectivity index (χ1n) is 13.2. The van der Waals surface area contributed by atoms with Gasteiger partial charge in [0.1, 0.15) is 12.4 Å². The molecule has 3 aromatic carbocycles. The summed E-state index contributed by atoms with van der Waals surface area (Å²) in [5.74, 6) is 0.232. The van der Waals surface area contributed by atoms with E-state index in [0.29, 0.717) is 47.8 Å². The van der Waals surface area contributed by atoms with Crippen molar-refractivity contribution in [3.05, 3.63) is 96.1 Å². The largest absolute Gasteiger partial charge is 0.491 e. The van der Waals surface area contributed by atoms with Crippen LogP contribution in [0.5, 0.6) is 5.75 Å². The number of nitrogen functional groups attached to an aromatic ring is 1. The van der Waals surface area contributed by atoms with E-state index in [9.17, 15) is 9.59 Å². The maximum absolute atomic E-state index is 12.9. The molecule has 2 amide bonds. The third-order valence-corrected chi connectivity index (χ3v) is 5.90. The zero-order chi connectivity index (χ0) is 28.7. The van der Waals surface area contributed by atoms with Gasteiger partial charge in [0, 0.05) is 12.3 Å². The quantitative estimate of drug-likeness (QED) is 0.152. The standard InChI is InChI=1S/C31H37N3O6/c1-3-38-28(13-6-7-14-29(36)34-27-12-5-4-11-26(27)32)30(23-9-8-10-25(21-23)39-20-19-35)40-31(37)33-24-17-15-22(2)16-18-24/h4-5,7-12,14-18,21,28,30,35H,3,6,13,19-20,32H2,1-2H3,(H,33,37)(H,34,36)/b14-7+/t28-,30-/m1/s1. The van der Waals surface area contributed by atoms with Crippen LogP contribution in [0, 0.1) is 6.92 Å². The van der Waals surface area contributed by atoms with Gasteiger partial charge < -0.3 is 30.4 Å². The molecule has 9 heteroatoms. The Morgan fingerprint density at radius 1 is 1.02 bits per heavy atom. The van der Waals surface area contributed by atoms with Gasteiger partial charge in [0.2, 0.25) is 5.91 Å². The monoisotopic (exact) mass is 547 g/mol. The topological polar surface area (TPSA) is 132 Å². The van der Waals surface area contributed by atoms with Crippen molar-refractivity contribution in [2.75, 3.05) is 36.2 Å². The van der Waals surface area contributed by atoms with Gasteiger partial charge in [-0.05, 0) is 74.7 Å². The number of ether oxygens (including phenoxy) is 3. The summed E-state index contributed by atoms with van der Waals surface area (Å²) in [4.78, 5) is 25.3. The van der Waals surface area contributed by atoms with Crippen LogP contribution in [-0.2, 0) is 14.3 Å². The molecule has 40 heavy (non-hydrogen) atoms. The predicted octanol–water partition coefficient (Wildman–Crippen LogP) is 5.62. The van der Waals surface area contributed by atoms with Gasteiger partial charge in [-0.2, -0.15) is 0 Å². The lowest BCUT2D eigenvalue weighted by Crippen LogP contribution is -2.29. The zero-order valence-corrected chi connectivity index (χ0v) is 22.8. The lowest BCUT2D eigenvalue weighted by molar-refractivity contribution is -0.111. The third kappa shape index (κ3) is 9.76.